The number of rotatable bonds is 7. The number of benzene rings is 1. The van der Waals surface area contributed by atoms with Crippen LogP contribution in [0.25, 0.3) is 5.65 Å². The Bertz CT molecular complexity index is 1340. The van der Waals surface area contributed by atoms with Crippen molar-refractivity contribution in [1.82, 2.24) is 19.3 Å². The Morgan fingerprint density at radius 2 is 1.83 bits per heavy atom. The van der Waals surface area contributed by atoms with Crippen molar-refractivity contribution >= 4 is 40.4 Å². The van der Waals surface area contributed by atoms with Gasteiger partial charge >= 0.3 is 6.18 Å². The molecule has 0 fully saturated rings. The minimum Gasteiger partial charge on any atom is -0.319 e. The van der Waals surface area contributed by atoms with Gasteiger partial charge in [-0.05, 0) is 43.4 Å². The SMILES string of the molecule is CN(CCc1ccccn1)Cc1c(C(F)(F)F)nc2c(NC(=O)c3c(Cl)cccc3Cl)cccn12. The number of halogens is 5. The second-order valence-corrected chi connectivity index (χ2v) is 8.69. The number of aromatic nitrogens is 3. The maximum Gasteiger partial charge on any atom is 0.435 e. The zero-order valence-corrected chi connectivity index (χ0v) is 20.0. The highest BCUT2D eigenvalue weighted by Crippen LogP contribution is 2.34. The number of carbonyl (C=O) groups is 1. The molecule has 3 aromatic heterocycles. The van der Waals surface area contributed by atoms with Crippen LogP contribution in [0.2, 0.25) is 10.0 Å². The van der Waals surface area contributed by atoms with Gasteiger partial charge in [-0.3, -0.25) is 9.78 Å². The number of fused-ring (bicyclic) bond motifs is 1. The third-order valence-electron chi connectivity index (χ3n) is 5.35. The summed E-state index contributed by atoms with van der Waals surface area (Å²) in [4.78, 5) is 22.7. The summed E-state index contributed by atoms with van der Waals surface area (Å²) < 4.78 is 43.1. The predicted octanol–water partition coefficient (Wildman–Crippen LogP) is 5.98. The van der Waals surface area contributed by atoms with Crippen molar-refractivity contribution in [2.24, 2.45) is 0 Å². The third kappa shape index (κ3) is 5.58. The molecule has 4 aromatic rings. The van der Waals surface area contributed by atoms with E-state index >= 15 is 0 Å². The van der Waals surface area contributed by atoms with Crippen molar-refractivity contribution in [2.75, 3.05) is 18.9 Å². The van der Waals surface area contributed by atoms with Gasteiger partial charge in [0.15, 0.2) is 11.3 Å². The molecule has 0 aliphatic carbocycles. The number of nitrogens with one attached hydrogen (secondary N) is 1. The summed E-state index contributed by atoms with van der Waals surface area (Å²) in [7, 11) is 1.73. The molecule has 4 rings (SSSR count). The van der Waals surface area contributed by atoms with Crippen LogP contribution in [0.4, 0.5) is 18.9 Å². The normalized spacial score (nSPS) is 11.9. The second kappa shape index (κ2) is 10.2. The number of amides is 1. The van der Waals surface area contributed by atoms with Gasteiger partial charge in [0, 0.05) is 37.6 Å². The number of carbonyl (C=O) groups excluding carboxylic acids is 1. The summed E-state index contributed by atoms with van der Waals surface area (Å²) in [5.41, 5.74) is -0.125. The molecule has 11 heteroatoms. The lowest BCUT2D eigenvalue weighted by Gasteiger charge is -2.18. The Labute approximate surface area is 209 Å². The second-order valence-electron chi connectivity index (χ2n) is 7.88. The van der Waals surface area contributed by atoms with Gasteiger partial charge in [-0.2, -0.15) is 13.2 Å². The molecular formula is C24H20Cl2F3N5O. The predicted molar refractivity (Wildman–Crippen MR) is 129 cm³/mol. The van der Waals surface area contributed by atoms with E-state index < -0.39 is 17.8 Å². The highest BCUT2D eigenvalue weighted by Gasteiger charge is 2.38. The summed E-state index contributed by atoms with van der Waals surface area (Å²) in [5.74, 6) is -0.653. The molecule has 0 aliphatic rings. The molecule has 0 spiro atoms. The quantitative estimate of drug-likeness (QED) is 0.325. The maximum absolute atomic E-state index is 13.9. The van der Waals surface area contributed by atoms with Crippen molar-refractivity contribution in [2.45, 2.75) is 19.1 Å². The van der Waals surface area contributed by atoms with E-state index in [-0.39, 0.29) is 39.2 Å². The Balaban J connectivity index is 1.65. The molecule has 0 aliphatic heterocycles. The monoisotopic (exact) mass is 521 g/mol. The van der Waals surface area contributed by atoms with E-state index in [1.807, 2.05) is 12.1 Å². The zero-order valence-electron chi connectivity index (χ0n) is 18.5. The molecular weight excluding hydrogens is 502 g/mol. The number of hydrogen-bond donors (Lipinski definition) is 1. The fourth-order valence-corrected chi connectivity index (χ4v) is 4.25. The van der Waals surface area contributed by atoms with Gasteiger partial charge in [0.2, 0.25) is 0 Å². The number of hydrogen-bond acceptors (Lipinski definition) is 4. The average molecular weight is 522 g/mol. The molecule has 0 unspecified atom stereocenters. The van der Waals surface area contributed by atoms with Crippen LogP contribution in [0.3, 0.4) is 0 Å². The zero-order chi connectivity index (χ0) is 25.2. The van der Waals surface area contributed by atoms with Crippen LogP contribution < -0.4 is 5.32 Å². The van der Waals surface area contributed by atoms with E-state index in [1.54, 1.807) is 30.3 Å². The maximum atomic E-state index is 13.9. The van der Waals surface area contributed by atoms with E-state index in [9.17, 15) is 18.0 Å². The molecule has 0 saturated heterocycles. The van der Waals surface area contributed by atoms with E-state index in [0.29, 0.717) is 13.0 Å². The molecule has 6 nitrogen and oxygen atoms in total. The van der Waals surface area contributed by atoms with Gasteiger partial charge in [0.05, 0.1) is 27.0 Å². The molecule has 1 N–H and O–H groups in total. The van der Waals surface area contributed by atoms with E-state index in [1.165, 1.54) is 34.9 Å². The number of anilines is 1. The minimum absolute atomic E-state index is 0.0173. The number of nitrogens with zero attached hydrogens (tertiary/aromatic N) is 4. The molecule has 0 saturated carbocycles. The van der Waals surface area contributed by atoms with Crippen molar-refractivity contribution in [3.63, 3.8) is 0 Å². The molecule has 35 heavy (non-hydrogen) atoms. The molecule has 0 bridgehead atoms. The average Bonchev–Trinajstić information content (AvgIpc) is 3.18. The molecule has 1 aromatic carbocycles. The van der Waals surface area contributed by atoms with Crippen LogP contribution in [-0.2, 0) is 19.1 Å². The summed E-state index contributed by atoms with van der Waals surface area (Å²) in [6.07, 6.45) is -0.948. The molecule has 3 heterocycles. The van der Waals surface area contributed by atoms with Gasteiger partial charge in [0.1, 0.15) is 0 Å². The Hall–Kier alpha value is -3.14. The minimum atomic E-state index is -4.68. The lowest BCUT2D eigenvalue weighted by Crippen LogP contribution is -2.24. The smallest absolute Gasteiger partial charge is 0.319 e. The first-order valence-electron chi connectivity index (χ1n) is 10.6. The van der Waals surface area contributed by atoms with Gasteiger partial charge in [0.25, 0.3) is 5.91 Å². The number of pyridine rings is 2. The van der Waals surface area contributed by atoms with E-state index in [2.05, 4.69) is 15.3 Å². The van der Waals surface area contributed by atoms with Gasteiger partial charge in [-0.25, -0.2) is 4.98 Å². The van der Waals surface area contributed by atoms with Crippen LogP contribution in [0, 0.1) is 0 Å². The highest BCUT2D eigenvalue weighted by molar-refractivity contribution is 6.40. The lowest BCUT2D eigenvalue weighted by molar-refractivity contribution is -0.141. The molecule has 0 atom stereocenters. The van der Waals surface area contributed by atoms with Crippen LogP contribution in [0.1, 0.15) is 27.4 Å². The van der Waals surface area contributed by atoms with Crippen LogP contribution >= 0.6 is 23.2 Å². The van der Waals surface area contributed by atoms with Gasteiger partial charge < -0.3 is 14.6 Å². The lowest BCUT2D eigenvalue weighted by atomic mass is 10.2. The van der Waals surface area contributed by atoms with Gasteiger partial charge in [-0.1, -0.05) is 35.3 Å². The number of alkyl halides is 3. The number of likely N-dealkylation sites (N-methyl/N-ethyl adjacent to an activating group) is 1. The summed E-state index contributed by atoms with van der Waals surface area (Å²) in [5, 5.41) is 2.84. The van der Waals surface area contributed by atoms with Crippen LogP contribution in [-0.4, -0.2) is 38.8 Å². The third-order valence-corrected chi connectivity index (χ3v) is 5.98. The molecule has 1 amide bonds. The fraction of sp³-hybridized carbons (Fsp3) is 0.208. The van der Waals surface area contributed by atoms with Crippen molar-refractivity contribution < 1.29 is 18.0 Å². The van der Waals surface area contributed by atoms with E-state index in [4.69, 9.17) is 23.2 Å². The van der Waals surface area contributed by atoms with Crippen molar-refractivity contribution in [3.05, 3.63) is 93.6 Å². The topological polar surface area (TPSA) is 62.5 Å². The standard InChI is InChI=1S/C24H20Cl2F3N5O/c1-33(13-10-15-6-2-3-11-30-15)14-19-21(24(27,28)29)32-22-18(9-5-12-34(19)22)31-23(35)20-16(25)7-4-8-17(20)26/h2-9,11-12H,10,13-14H2,1H3,(H,31,35). The Kier molecular flexibility index (Phi) is 7.30. The van der Waals surface area contributed by atoms with Crippen LogP contribution in [0.5, 0.6) is 0 Å². The molecule has 182 valence electrons. The van der Waals surface area contributed by atoms with Gasteiger partial charge in [-0.15, -0.1) is 0 Å². The summed E-state index contributed by atoms with van der Waals surface area (Å²) in [6, 6.07) is 13.1. The Morgan fingerprint density at radius 3 is 2.49 bits per heavy atom. The van der Waals surface area contributed by atoms with Crippen molar-refractivity contribution in [3.8, 4) is 0 Å². The fourth-order valence-electron chi connectivity index (χ4n) is 3.68. The first-order valence-corrected chi connectivity index (χ1v) is 11.3. The van der Waals surface area contributed by atoms with Crippen molar-refractivity contribution in [1.29, 1.82) is 0 Å². The first kappa shape index (κ1) is 25.0. The largest absolute Gasteiger partial charge is 0.435 e. The highest BCUT2D eigenvalue weighted by atomic mass is 35.5. The summed E-state index contributed by atoms with van der Waals surface area (Å²) >= 11 is 12.2. The molecule has 0 radical (unpaired) electrons. The summed E-state index contributed by atoms with van der Waals surface area (Å²) in [6.45, 7) is 0.472. The first-order chi connectivity index (χ1) is 16.6. The van der Waals surface area contributed by atoms with E-state index in [0.717, 1.165) is 5.69 Å². The number of imidazole rings is 1. The van der Waals surface area contributed by atoms with Crippen LogP contribution in [0.15, 0.2) is 60.9 Å². The Morgan fingerprint density at radius 1 is 1.09 bits per heavy atom.